The Kier molecular flexibility index (Phi) is 2.94. The average Bonchev–Trinajstić information content (AvgIpc) is 3.08. The van der Waals surface area contributed by atoms with Crippen LogP contribution in [0.3, 0.4) is 0 Å². The monoisotopic (exact) mass is 255 g/mol. The Balaban J connectivity index is 1.70. The van der Waals surface area contributed by atoms with E-state index < -0.39 is 0 Å². The van der Waals surface area contributed by atoms with Crippen LogP contribution in [0.1, 0.15) is 5.56 Å². The molecule has 0 atom stereocenters. The zero-order valence-electron chi connectivity index (χ0n) is 10.1. The molecule has 0 saturated carbocycles. The maximum atomic E-state index is 11.1. The number of anilines is 1. The van der Waals surface area contributed by atoms with E-state index in [0.29, 0.717) is 0 Å². The van der Waals surface area contributed by atoms with Gasteiger partial charge in [0.1, 0.15) is 0 Å². The summed E-state index contributed by atoms with van der Waals surface area (Å²) < 4.78 is 5.00. The Morgan fingerprint density at radius 3 is 2.58 bits per heavy atom. The van der Waals surface area contributed by atoms with Crippen LogP contribution in [0.4, 0.5) is 5.69 Å². The van der Waals surface area contributed by atoms with Gasteiger partial charge in [-0.05, 0) is 23.8 Å². The first kappa shape index (κ1) is 11.4. The predicted molar refractivity (Wildman–Crippen MR) is 72.9 cm³/mol. The van der Waals surface area contributed by atoms with E-state index >= 15 is 0 Å². The lowest BCUT2D eigenvalue weighted by atomic mass is 10.1. The van der Waals surface area contributed by atoms with E-state index in [1.807, 2.05) is 30.3 Å². The van der Waals surface area contributed by atoms with Gasteiger partial charge in [-0.15, -0.1) is 0 Å². The van der Waals surface area contributed by atoms with Crippen molar-refractivity contribution in [3.63, 3.8) is 0 Å². The Bertz CT molecular complexity index is 693. The molecule has 3 N–H and O–H groups in total. The topological polar surface area (TPSA) is 73.8 Å². The number of aromatic amines is 2. The van der Waals surface area contributed by atoms with Gasteiger partial charge in [0.15, 0.2) is 0 Å². The second-order valence-corrected chi connectivity index (χ2v) is 4.23. The van der Waals surface area contributed by atoms with Crippen molar-refractivity contribution >= 4 is 5.69 Å². The molecule has 0 aliphatic heterocycles. The lowest BCUT2D eigenvalue weighted by Crippen LogP contribution is -1.97. The summed E-state index contributed by atoms with van der Waals surface area (Å²) in [5.74, 6) is 0. The van der Waals surface area contributed by atoms with E-state index in [4.69, 9.17) is 4.42 Å². The summed E-state index contributed by atoms with van der Waals surface area (Å²) in [5, 5.41) is 8.64. The van der Waals surface area contributed by atoms with Crippen molar-refractivity contribution in [2.45, 2.75) is 6.54 Å². The molecule has 5 heteroatoms. The molecule has 5 nitrogen and oxygen atoms in total. The standard InChI is InChI=1S/C14H13N3O2/c18-14-7-13(16-17-14)11-1-3-12(4-2-11)15-8-10-5-6-19-9-10/h1-7,9,15H,8H2,(H2,16,17,18). The van der Waals surface area contributed by atoms with Gasteiger partial charge >= 0.3 is 0 Å². The average molecular weight is 255 g/mol. The number of benzene rings is 1. The molecule has 0 spiro atoms. The summed E-state index contributed by atoms with van der Waals surface area (Å²) in [5.41, 5.74) is 3.73. The van der Waals surface area contributed by atoms with Crippen LogP contribution in [0.2, 0.25) is 0 Å². The van der Waals surface area contributed by atoms with Crippen LogP contribution in [0.5, 0.6) is 0 Å². The molecule has 3 aromatic rings. The van der Waals surface area contributed by atoms with Gasteiger partial charge in [0.05, 0.1) is 18.2 Å². The van der Waals surface area contributed by atoms with Crippen molar-refractivity contribution < 1.29 is 4.42 Å². The molecule has 1 aromatic carbocycles. The van der Waals surface area contributed by atoms with Gasteiger partial charge in [0.25, 0.3) is 5.56 Å². The first-order valence-electron chi connectivity index (χ1n) is 5.94. The summed E-state index contributed by atoms with van der Waals surface area (Å²) in [6.07, 6.45) is 3.37. The number of furan rings is 1. The highest BCUT2D eigenvalue weighted by atomic mass is 16.3. The van der Waals surface area contributed by atoms with Crippen LogP contribution < -0.4 is 10.9 Å². The third kappa shape index (κ3) is 2.60. The predicted octanol–water partition coefficient (Wildman–Crippen LogP) is 2.58. The third-order valence-corrected chi connectivity index (χ3v) is 2.87. The first-order valence-corrected chi connectivity index (χ1v) is 5.94. The molecule has 0 amide bonds. The molecule has 2 aromatic heterocycles. The van der Waals surface area contributed by atoms with E-state index in [-0.39, 0.29) is 5.56 Å². The lowest BCUT2D eigenvalue weighted by Gasteiger charge is -2.05. The quantitative estimate of drug-likeness (QED) is 0.670. The minimum Gasteiger partial charge on any atom is -0.472 e. The largest absolute Gasteiger partial charge is 0.472 e. The molecule has 2 heterocycles. The minimum atomic E-state index is -0.128. The number of hydrogen-bond acceptors (Lipinski definition) is 3. The number of hydrogen-bond donors (Lipinski definition) is 3. The highest BCUT2D eigenvalue weighted by Crippen LogP contribution is 2.18. The fourth-order valence-electron chi connectivity index (χ4n) is 1.85. The van der Waals surface area contributed by atoms with Crippen LogP contribution in [0.15, 0.2) is 58.1 Å². The van der Waals surface area contributed by atoms with Crippen molar-refractivity contribution in [2.75, 3.05) is 5.32 Å². The van der Waals surface area contributed by atoms with E-state index in [1.54, 1.807) is 12.5 Å². The Labute approximate surface area is 109 Å². The molecular formula is C14H13N3O2. The third-order valence-electron chi connectivity index (χ3n) is 2.87. The molecule has 19 heavy (non-hydrogen) atoms. The van der Waals surface area contributed by atoms with Crippen molar-refractivity contribution in [3.8, 4) is 11.3 Å². The molecule has 0 aliphatic carbocycles. The summed E-state index contributed by atoms with van der Waals surface area (Å²) >= 11 is 0. The summed E-state index contributed by atoms with van der Waals surface area (Å²) in [7, 11) is 0. The van der Waals surface area contributed by atoms with Crippen molar-refractivity contribution in [2.24, 2.45) is 0 Å². The maximum Gasteiger partial charge on any atom is 0.264 e. The molecule has 0 bridgehead atoms. The molecule has 0 fully saturated rings. The second kappa shape index (κ2) is 4.89. The second-order valence-electron chi connectivity index (χ2n) is 4.23. The van der Waals surface area contributed by atoms with Crippen LogP contribution in [-0.4, -0.2) is 10.2 Å². The number of H-pyrrole nitrogens is 2. The maximum absolute atomic E-state index is 11.1. The lowest BCUT2D eigenvalue weighted by molar-refractivity contribution is 0.564. The molecule has 0 unspecified atom stereocenters. The van der Waals surface area contributed by atoms with Gasteiger partial charge in [-0.1, -0.05) is 12.1 Å². The fraction of sp³-hybridized carbons (Fsp3) is 0.0714. The normalized spacial score (nSPS) is 10.5. The Morgan fingerprint density at radius 1 is 1.11 bits per heavy atom. The number of aromatic nitrogens is 2. The van der Waals surface area contributed by atoms with Gasteiger partial charge in [-0.25, -0.2) is 0 Å². The highest BCUT2D eigenvalue weighted by Gasteiger charge is 2.01. The van der Waals surface area contributed by atoms with Gasteiger partial charge in [0, 0.05) is 23.9 Å². The number of nitrogens with one attached hydrogen (secondary N) is 3. The SMILES string of the molecule is O=c1cc(-c2ccc(NCc3ccoc3)cc2)[nH][nH]1. The van der Waals surface area contributed by atoms with E-state index in [1.165, 1.54) is 6.07 Å². The van der Waals surface area contributed by atoms with E-state index in [9.17, 15) is 4.79 Å². The molecule has 3 rings (SSSR count). The molecule has 0 saturated heterocycles. The summed E-state index contributed by atoms with van der Waals surface area (Å²) in [6.45, 7) is 0.719. The van der Waals surface area contributed by atoms with Crippen LogP contribution in [0.25, 0.3) is 11.3 Å². The van der Waals surface area contributed by atoms with Gasteiger partial charge < -0.3 is 9.73 Å². The van der Waals surface area contributed by atoms with Crippen LogP contribution in [0, 0.1) is 0 Å². The van der Waals surface area contributed by atoms with Gasteiger partial charge in [0.2, 0.25) is 0 Å². The Morgan fingerprint density at radius 2 is 1.95 bits per heavy atom. The Hall–Kier alpha value is -2.69. The molecular weight excluding hydrogens is 242 g/mol. The first-order chi connectivity index (χ1) is 9.31. The van der Waals surface area contributed by atoms with Gasteiger partial charge in [-0.2, -0.15) is 0 Å². The summed E-state index contributed by atoms with van der Waals surface area (Å²) in [4.78, 5) is 11.1. The molecule has 0 aliphatic rings. The van der Waals surface area contributed by atoms with Crippen LogP contribution >= 0.6 is 0 Å². The van der Waals surface area contributed by atoms with Crippen molar-refractivity contribution in [3.05, 3.63) is 64.8 Å². The molecule has 96 valence electrons. The summed E-state index contributed by atoms with van der Waals surface area (Å²) in [6, 6.07) is 11.3. The van der Waals surface area contributed by atoms with Crippen molar-refractivity contribution in [1.82, 2.24) is 10.2 Å². The van der Waals surface area contributed by atoms with Crippen LogP contribution in [-0.2, 0) is 6.54 Å². The zero-order chi connectivity index (χ0) is 13.1. The highest BCUT2D eigenvalue weighted by molar-refractivity contribution is 5.62. The molecule has 0 radical (unpaired) electrons. The number of rotatable bonds is 4. The zero-order valence-corrected chi connectivity index (χ0v) is 10.1. The minimum absolute atomic E-state index is 0.128. The fourth-order valence-corrected chi connectivity index (χ4v) is 1.85. The van der Waals surface area contributed by atoms with E-state index in [2.05, 4.69) is 15.5 Å². The van der Waals surface area contributed by atoms with E-state index in [0.717, 1.165) is 29.1 Å². The smallest absolute Gasteiger partial charge is 0.264 e. The van der Waals surface area contributed by atoms with Gasteiger partial charge in [-0.3, -0.25) is 15.0 Å². The van der Waals surface area contributed by atoms with Crippen molar-refractivity contribution in [1.29, 1.82) is 0 Å².